The SMILES string of the molecule is Nc1nc(NC2CC2)c2ncn(C[C@@H](CF)OCP(=O)(O)O)c2n1. The summed E-state index contributed by atoms with van der Waals surface area (Å²) in [7, 11) is -4.36. The van der Waals surface area contributed by atoms with E-state index in [4.69, 9.17) is 20.3 Å². The second-order valence-electron chi connectivity index (χ2n) is 5.65. The first kappa shape index (κ1) is 17.0. The summed E-state index contributed by atoms with van der Waals surface area (Å²) in [4.78, 5) is 30.1. The number of hydrogen-bond acceptors (Lipinski definition) is 7. The van der Waals surface area contributed by atoms with Crippen molar-refractivity contribution in [2.45, 2.75) is 31.5 Å². The number of hydrogen-bond donors (Lipinski definition) is 4. The van der Waals surface area contributed by atoms with Crippen molar-refractivity contribution < 1.29 is 23.5 Å². The molecule has 0 aromatic carbocycles. The molecule has 0 aliphatic heterocycles. The minimum atomic E-state index is -4.36. The Hall–Kier alpha value is -1.81. The number of nitrogens with two attached hydrogens (primary N) is 1. The molecule has 0 amide bonds. The summed E-state index contributed by atoms with van der Waals surface area (Å²) in [6.45, 7) is -0.917. The first-order valence-corrected chi connectivity index (χ1v) is 9.12. The minimum Gasteiger partial charge on any atom is -0.368 e. The second kappa shape index (κ2) is 6.60. The maximum Gasteiger partial charge on any atom is 0.350 e. The van der Waals surface area contributed by atoms with Crippen LogP contribution in [0.5, 0.6) is 0 Å². The Morgan fingerprint density at radius 3 is 2.88 bits per heavy atom. The molecule has 0 saturated heterocycles. The molecule has 0 unspecified atom stereocenters. The van der Waals surface area contributed by atoms with Crippen LogP contribution in [0.15, 0.2) is 6.33 Å². The van der Waals surface area contributed by atoms with Crippen molar-refractivity contribution in [2.24, 2.45) is 0 Å². The van der Waals surface area contributed by atoms with Crippen molar-refractivity contribution in [2.75, 3.05) is 24.1 Å². The first-order valence-electron chi connectivity index (χ1n) is 7.33. The molecule has 5 N–H and O–H groups in total. The van der Waals surface area contributed by atoms with Gasteiger partial charge in [0, 0.05) is 6.04 Å². The summed E-state index contributed by atoms with van der Waals surface area (Å²) in [5.41, 5.74) is 6.63. The van der Waals surface area contributed by atoms with Crippen LogP contribution >= 0.6 is 7.60 Å². The fraction of sp³-hybridized carbons (Fsp3) is 0.583. The lowest BCUT2D eigenvalue weighted by Crippen LogP contribution is -2.23. The first-order chi connectivity index (χ1) is 11.4. The fourth-order valence-electron chi connectivity index (χ4n) is 2.18. The molecule has 1 aliphatic rings. The highest BCUT2D eigenvalue weighted by atomic mass is 31.2. The molecule has 0 radical (unpaired) electrons. The van der Waals surface area contributed by atoms with Gasteiger partial charge in [0.25, 0.3) is 0 Å². The normalized spacial score (nSPS) is 16.5. The van der Waals surface area contributed by atoms with E-state index in [2.05, 4.69) is 20.3 Å². The summed E-state index contributed by atoms with van der Waals surface area (Å²) in [6.07, 6.45) is 1.66. The summed E-state index contributed by atoms with van der Waals surface area (Å²) < 4.78 is 30.4. The monoisotopic (exact) mass is 360 g/mol. The van der Waals surface area contributed by atoms with Crippen LogP contribution in [0.4, 0.5) is 16.2 Å². The summed E-state index contributed by atoms with van der Waals surface area (Å²) in [5.74, 6) is 0.576. The Morgan fingerprint density at radius 2 is 2.25 bits per heavy atom. The third-order valence-corrected chi connectivity index (χ3v) is 3.94. The van der Waals surface area contributed by atoms with Crippen LogP contribution in [0, 0.1) is 0 Å². The smallest absolute Gasteiger partial charge is 0.350 e. The van der Waals surface area contributed by atoms with Gasteiger partial charge in [-0.3, -0.25) is 4.57 Å². The van der Waals surface area contributed by atoms with Crippen LogP contribution < -0.4 is 11.1 Å². The zero-order chi connectivity index (χ0) is 17.3. The number of halogens is 1. The maximum atomic E-state index is 13.1. The number of anilines is 2. The number of ether oxygens (including phenoxy) is 1. The molecule has 1 aliphatic carbocycles. The molecule has 12 heteroatoms. The molecule has 0 bridgehead atoms. The second-order valence-corrected chi connectivity index (χ2v) is 7.24. The summed E-state index contributed by atoms with van der Waals surface area (Å²) >= 11 is 0. The molecule has 1 fully saturated rings. The van der Waals surface area contributed by atoms with Crippen molar-refractivity contribution in [3.8, 4) is 0 Å². The lowest BCUT2D eigenvalue weighted by molar-refractivity contribution is 0.0445. The van der Waals surface area contributed by atoms with E-state index in [0.717, 1.165) is 12.8 Å². The van der Waals surface area contributed by atoms with E-state index < -0.39 is 26.7 Å². The molecule has 10 nitrogen and oxygen atoms in total. The number of alkyl halides is 1. The predicted octanol–water partition coefficient (Wildman–Crippen LogP) is 0.473. The molecular weight excluding hydrogens is 342 g/mol. The number of nitrogen functional groups attached to an aromatic ring is 1. The third kappa shape index (κ3) is 4.18. The number of rotatable bonds is 8. The zero-order valence-electron chi connectivity index (χ0n) is 12.7. The van der Waals surface area contributed by atoms with Gasteiger partial charge in [-0.25, -0.2) is 9.37 Å². The van der Waals surface area contributed by atoms with Crippen molar-refractivity contribution in [3.63, 3.8) is 0 Å². The van der Waals surface area contributed by atoms with Crippen molar-refractivity contribution in [3.05, 3.63) is 6.33 Å². The topological polar surface area (TPSA) is 148 Å². The molecule has 2 heterocycles. The lowest BCUT2D eigenvalue weighted by atomic mass is 10.4. The van der Waals surface area contributed by atoms with Crippen molar-refractivity contribution in [1.29, 1.82) is 0 Å². The summed E-state index contributed by atoms with van der Waals surface area (Å²) in [5, 5.41) is 3.21. The Labute approximate surface area is 136 Å². The highest BCUT2D eigenvalue weighted by Gasteiger charge is 2.24. The lowest BCUT2D eigenvalue weighted by Gasteiger charge is -2.16. The van der Waals surface area contributed by atoms with Gasteiger partial charge in [-0.2, -0.15) is 9.97 Å². The van der Waals surface area contributed by atoms with Gasteiger partial charge in [0.1, 0.15) is 19.1 Å². The number of imidazole rings is 1. The van der Waals surface area contributed by atoms with Crippen LogP contribution in [0.25, 0.3) is 11.2 Å². The fourth-order valence-corrected chi connectivity index (χ4v) is 2.59. The Kier molecular flexibility index (Phi) is 4.68. The van der Waals surface area contributed by atoms with E-state index in [0.29, 0.717) is 23.0 Å². The molecule has 0 spiro atoms. The maximum absolute atomic E-state index is 13.1. The quantitative estimate of drug-likeness (QED) is 0.493. The number of fused-ring (bicyclic) bond motifs is 1. The molecule has 1 atom stereocenters. The predicted molar refractivity (Wildman–Crippen MR) is 84.1 cm³/mol. The van der Waals surface area contributed by atoms with E-state index in [-0.39, 0.29) is 12.5 Å². The average Bonchev–Trinajstić information content (AvgIpc) is 3.22. The van der Waals surface area contributed by atoms with Gasteiger partial charge in [0.15, 0.2) is 17.0 Å². The largest absolute Gasteiger partial charge is 0.368 e. The van der Waals surface area contributed by atoms with Crippen molar-refractivity contribution >= 4 is 30.5 Å². The number of nitrogens with one attached hydrogen (secondary N) is 1. The van der Waals surface area contributed by atoms with Crippen LogP contribution in [-0.2, 0) is 15.8 Å². The number of aromatic nitrogens is 4. The van der Waals surface area contributed by atoms with Crippen LogP contribution in [0.2, 0.25) is 0 Å². The Bertz CT molecular complexity index is 776. The minimum absolute atomic E-state index is 0.00762. The van der Waals surface area contributed by atoms with Gasteiger partial charge in [0.05, 0.1) is 12.9 Å². The van der Waals surface area contributed by atoms with E-state index in [1.54, 1.807) is 0 Å². The zero-order valence-corrected chi connectivity index (χ0v) is 13.6. The molecule has 1 saturated carbocycles. The molecule has 2 aromatic rings. The van der Waals surface area contributed by atoms with Crippen LogP contribution in [0.1, 0.15) is 12.8 Å². The Balaban J connectivity index is 1.81. The van der Waals surface area contributed by atoms with Gasteiger partial charge < -0.3 is 30.1 Å². The van der Waals surface area contributed by atoms with Crippen molar-refractivity contribution in [1.82, 2.24) is 19.5 Å². The van der Waals surface area contributed by atoms with Gasteiger partial charge in [-0.1, -0.05) is 0 Å². The van der Waals surface area contributed by atoms with Gasteiger partial charge in [-0.15, -0.1) is 0 Å². The average molecular weight is 360 g/mol. The number of nitrogens with zero attached hydrogens (tertiary/aromatic N) is 4. The van der Waals surface area contributed by atoms with E-state index >= 15 is 0 Å². The van der Waals surface area contributed by atoms with Gasteiger partial charge >= 0.3 is 7.60 Å². The highest BCUT2D eigenvalue weighted by molar-refractivity contribution is 7.51. The van der Waals surface area contributed by atoms with Gasteiger partial charge in [0.2, 0.25) is 5.95 Å². The Morgan fingerprint density at radius 1 is 1.50 bits per heavy atom. The molecular formula is C12H18FN6O4P. The van der Waals surface area contributed by atoms with E-state index in [1.165, 1.54) is 10.9 Å². The molecule has 3 rings (SSSR count). The van der Waals surface area contributed by atoms with E-state index in [1.807, 2.05) is 0 Å². The standard InChI is InChI=1S/C12H18FN6O4P/c13-3-8(23-6-24(20,21)22)4-19-5-15-9-10(16-7-1-2-7)17-12(14)18-11(9)19/h5,7-8H,1-4,6H2,(H2,20,21,22)(H3,14,16,17,18)/t8-/m1/s1. The molecule has 2 aromatic heterocycles. The molecule has 24 heavy (non-hydrogen) atoms. The third-order valence-electron chi connectivity index (χ3n) is 3.45. The van der Waals surface area contributed by atoms with E-state index in [9.17, 15) is 8.96 Å². The van der Waals surface area contributed by atoms with Gasteiger partial charge in [-0.05, 0) is 12.8 Å². The summed E-state index contributed by atoms with van der Waals surface area (Å²) in [6, 6.07) is 0.345. The highest BCUT2D eigenvalue weighted by Crippen LogP contribution is 2.34. The van der Waals surface area contributed by atoms with Crippen LogP contribution in [0.3, 0.4) is 0 Å². The van der Waals surface area contributed by atoms with Crippen LogP contribution in [-0.4, -0.2) is 54.5 Å². The molecule has 132 valence electrons.